The monoisotopic (exact) mass is 292 g/mol. The molecule has 1 heterocycles. The minimum Gasteiger partial charge on any atom is -0.504 e. The van der Waals surface area contributed by atoms with Gasteiger partial charge in [-0.2, -0.15) is 0 Å². The van der Waals surface area contributed by atoms with Crippen LogP contribution in [0.2, 0.25) is 0 Å². The van der Waals surface area contributed by atoms with Crippen LogP contribution in [0.4, 0.5) is 0 Å². The van der Waals surface area contributed by atoms with Crippen molar-refractivity contribution in [2.24, 2.45) is 0 Å². The fourth-order valence-electron chi connectivity index (χ4n) is 3.25. The molecule has 1 aromatic rings. The first-order valence-corrected chi connectivity index (χ1v) is 8.06. The van der Waals surface area contributed by atoms with Crippen LogP contribution in [0.15, 0.2) is 12.1 Å². The lowest BCUT2D eigenvalue weighted by molar-refractivity contribution is 0.0694. The van der Waals surface area contributed by atoms with Gasteiger partial charge in [-0.3, -0.25) is 0 Å². The van der Waals surface area contributed by atoms with E-state index in [2.05, 4.69) is 20.8 Å². The molecule has 1 aromatic carbocycles. The third-order valence-electron chi connectivity index (χ3n) is 4.28. The van der Waals surface area contributed by atoms with Gasteiger partial charge in [0, 0.05) is 11.6 Å². The standard InChI is InChI=1S/C18H28O3/c1-5-6-7-8-9-13-12-18(2,3)21-16-11-17(20-4)15(19)10-14(13)16/h10-11,13,19H,5-9,12H2,1-4H3. The zero-order valence-electron chi connectivity index (χ0n) is 13.7. The van der Waals surface area contributed by atoms with Gasteiger partial charge >= 0.3 is 0 Å². The first kappa shape index (κ1) is 16.0. The summed E-state index contributed by atoms with van der Waals surface area (Å²) < 4.78 is 11.3. The van der Waals surface area contributed by atoms with Crippen molar-refractivity contribution in [2.75, 3.05) is 7.11 Å². The van der Waals surface area contributed by atoms with Crippen LogP contribution in [0.3, 0.4) is 0 Å². The number of rotatable bonds is 6. The number of phenols is 1. The molecule has 1 N–H and O–H groups in total. The summed E-state index contributed by atoms with van der Waals surface area (Å²) >= 11 is 0. The summed E-state index contributed by atoms with van der Waals surface area (Å²) in [6.45, 7) is 6.50. The number of fused-ring (bicyclic) bond motifs is 1. The molecule has 0 saturated heterocycles. The molecule has 3 nitrogen and oxygen atoms in total. The molecule has 0 aliphatic carbocycles. The Hall–Kier alpha value is -1.38. The van der Waals surface area contributed by atoms with E-state index >= 15 is 0 Å². The molecule has 1 atom stereocenters. The Morgan fingerprint density at radius 3 is 2.71 bits per heavy atom. The van der Waals surface area contributed by atoms with Gasteiger partial charge in [0.05, 0.1) is 7.11 Å². The number of ether oxygens (including phenoxy) is 2. The van der Waals surface area contributed by atoms with Gasteiger partial charge < -0.3 is 14.6 Å². The second-order valence-electron chi connectivity index (χ2n) is 6.67. The Morgan fingerprint density at radius 2 is 2.05 bits per heavy atom. The Balaban J connectivity index is 2.21. The highest BCUT2D eigenvalue weighted by molar-refractivity contribution is 5.52. The molecule has 0 saturated carbocycles. The van der Waals surface area contributed by atoms with Gasteiger partial charge in [-0.15, -0.1) is 0 Å². The van der Waals surface area contributed by atoms with Gasteiger partial charge in [-0.05, 0) is 38.7 Å². The second-order valence-corrected chi connectivity index (χ2v) is 6.67. The highest BCUT2D eigenvalue weighted by atomic mass is 16.5. The van der Waals surface area contributed by atoms with Crippen molar-refractivity contribution in [1.29, 1.82) is 0 Å². The van der Waals surface area contributed by atoms with Crippen molar-refractivity contribution in [1.82, 2.24) is 0 Å². The molecule has 0 amide bonds. The van der Waals surface area contributed by atoms with Crippen LogP contribution in [0.1, 0.15) is 70.8 Å². The summed E-state index contributed by atoms with van der Waals surface area (Å²) in [5.74, 6) is 2.01. The Kier molecular flexibility index (Phi) is 5.02. The van der Waals surface area contributed by atoms with E-state index in [4.69, 9.17) is 9.47 Å². The second kappa shape index (κ2) is 6.59. The Bertz CT molecular complexity index is 480. The van der Waals surface area contributed by atoms with Gasteiger partial charge in [-0.25, -0.2) is 0 Å². The van der Waals surface area contributed by atoms with Crippen LogP contribution in [0.5, 0.6) is 17.2 Å². The number of aromatic hydroxyl groups is 1. The lowest BCUT2D eigenvalue weighted by atomic mass is 9.81. The highest BCUT2D eigenvalue weighted by Crippen LogP contribution is 2.47. The third kappa shape index (κ3) is 3.84. The first-order valence-electron chi connectivity index (χ1n) is 8.06. The van der Waals surface area contributed by atoms with Crippen LogP contribution in [-0.4, -0.2) is 17.8 Å². The largest absolute Gasteiger partial charge is 0.504 e. The lowest BCUT2D eigenvalue weighted by Crippen LogP contribution is -2.34. The van der Waals surface area contributed by atoms with E-state index in [1.165, 1.54) is 25.7 Å². The van der Waals surface area contributed by atoms with E-state index in [9.17, 15) is 5.11 Å². The van der Waals surface area contributed by atoms with Gasteiger partial charge in [0.25, 0.3) is 0 Å². The fraction of sp³-hybridized carbons (Fsp3) is 0.667. The molecule has 0 bridgehead atoms. The van der Waals surface area contributed by atoms with Crippen molar-refractivity contribution in [3.8, 4) is 17.2 Å². The molecule has 1 aliphatic heterocycles. The first-order chi connectivity index (χ1) is 9.96. The fourth-order valence-corrected chi connectivity index (χ4v) is 3.25. The molecule has 0 aromatic heterocycles. The molecule has 118 valence electrons. The van der Waals surface area contributed by atoms with Crippen LogP contribution >= 0.6 is 0 Å². The maximum Gasteiger partial charge on any atom is 0.164 e. The van der Waals surface area contributed by atoms with Crippen LogP contribution in [0, 0.1) is 0 Å². The van der Waals surface area contributed by atoms with E-state index in [0.29, 0.717) is 11.7 Å². The maximum absolute atomic E-state index is 10.0. The summed E-state index contributed by atoms with van der Waals surface area (Å²) in [4.78, 5) is 0. The van der Waals surface area contributed by atoms with E-state index in [-0.39, 0.29) is 11.4 Å². The maximum atomic E-state index is 10.0. The summed E-state index contributed by atoms with van der Waals surface area (Å²) in [7, 11) is 1.57. The molecule has 0 spiro atoms. The minimum absolute atomic E-state index is 0.162. The molecule has 1 unspecified atom stereocenters. The van der Waals surface area contributed by atoms with E-state index in [1.54, 1.807) is 7.11 Å². The summed E-state index contributed by atoms with van der Waals surface area (Å²) in [6, 6.07) is 3.65. The van der Waals surface area contributed by atoms with E-state index in [1.807, 2.05) is 12.1 Å². The van der Waals surface area contributed by atoms with Crippen LogP contribution in [-0.2, 0) is 0 Å². The van der Waals surface area contributed by atoms with Gasteiger partial charge in [0.1, 0.15) is 11.4 Å². The number of benzene rings is 1. The molecule has 1 aliphatic rings. The van der Waals surface area contributed by atoms with Gasteiger partial charge in [0.15, 0.2) is 11.5 Å². The average Bonchev–Trinajstić information content (AvgIpc) is 2.42. The van der Waals surface area contributed by atoms with Gasteiger partial charge in [0.2, 0.25) is 0 Å². The normalized spacial score (nSPS) is 19.7. The smallest absolute Gasteiger partial charge is 0.164 e. The third-order valence-corrected chi connectivity index (χ3v) is 4.28. The van der Waals surface area contributed by atoms with Crippen molar-refractivity contribution in [3.05, 3.63) is 17.7 Å². The lowest BCUT2D eigenvalue weighted by Gasteiger charge is -2.38. The molecule has 2 rings (SSSR count). The quantitative estimate of drug-likeness (QED) is 0.748. The zero-order chi connectivity index (χ0) is 15.5. The Morgan fingerprint density at radius 1 is 1.29 bits per heavy atom. The van der Waals surface area contributed by atoms with Crippen LogP contribution in [0.25, 0.3) is 0 Å². The topological polar surface area (TPSA) is 38.7 Å². The predicted molar refractivity (Wildman–Crippen MR) is 85.5 cm³/mol. The van der Waals surface area contributed by atoms with Crippen molar-refractivity contribution in [2.45, 2.75) is 70.8 Å². The van der Waals surface area contributed by atoms with Crippen molar-refractivity contribution >= 4 is 0 Å². The highest BCUT2D eigenvalue weighted by Gasteiger charge is 2.34. The summed E-state index contributed by atoms with van der Waals surface area (Å²) in [5.41, 5.74) is 0.967. The van der Waals surface area contributed by atoms with Gasteiger partial charge in [-0.1, -0.05) is 32.6 Å². The molecule has 21 heavy (non-hydrogen) atoms. The number of hydrogen-bond acceptors (Lipinski definition) is 3. The predicted octanol–water partition coefficient (Wildman–Crippen LogP) is 5.02. The molecular weight excluding hydrogens is 264 g/mol. The number of methoxy groups -OCH3 is 1. The van der Waals surface area contributed by atoms with Crippen molar-refractivity contribution in [3.63, 3.8) is 0 Å². The molecular formula is C18H28O3. The SMILES string of the molecule is CCCCCCC1CC(C)(C)Oc2cc(OC)c(O)cc21. The average molecular weight is 292 g/mol. The number of phenolic OH excluding ortho intramolecular Hbond substituents is 1. The summed E-state index contributed by atoms with van der Waals surface area (Å²) in [5, 5.41) is 10.0. The van der Waals surface area contributed by atoms with Crippen molar-refractivity contribution < 1.29 is 14.6 Å². The van der Waals surface area contributed by atoms with E-state index in [0.717, 1.165) is 24.2 Å². The molecule has 0 fully saturated rings. The number of hydrogen-bond donors (Lipinski definition) is 1. The molecule has 0 radical (unpaired) electrons. The number of unbranched alkanes of at least 4 members (excludes halogenated alkanes) is 3. The minimum atomic E-state index is -0.162. The van der Waals surface area contributed by atoms with E-state index < -0.39 is 0 Å². The summed E-state index contributed by atoms with van der Waals surface area (Å²) in [6.07, 6.45) is 7.23. The Labute approximate surface area is 128 Å². The molecule has 3 heteroatoms. The van der Waals surface area contributed by atoms with Crippen LogP contribution < -0.4 is 9.47 Å². The zero-order valence-corrected chi connectivity index (χ0v) is 13.7.